The quantitative estimate of drug-likeness (QED) is 0.345. The zero-order valence-corrected chi connectivity index (χ0v) is 27.7. The maximum atomic E-state index is 6.26. The normalized spacial score (nSPS) is 19.4. The fourth-order valence-electron chi connectivity index (χ4n) is 4.66. The fourth-order valence-corrected chi connectivity index (χ4v) is 4.66. The van der Waals surface area contributed by atoms with Gasteiger partial charge in [0, 0.05) is 17.1 Å². The van der Waals surface area contributed by atoms with Gasteiger partial charge in [-0.25, -0.2) is 0 Å². The number of nitrogens with zero attached hydrogens (tertiary/aromatic N) is 1. The van der Waals surface area contributed by atoms with Crippen molar-refractivity contribution < 1.29 is 18.6 Å². The van der Waals surface area contributed by atoms with Crippen molar-refractivity contribution >= 4 is 42.2 Å². The molecule has 8 heteroatoms. The zero-order valence-electron chi connectivity index (χ0n) is 27.7. The van der Waals surface area contributed by atoms with Gasteiger partial charge in [0.05, 0.1) is 22.4 Å². The van der Waals surface area contributed by atoms with Crippen LogP contribution >= 0.6 is 0 Å². The van der Waals surface area contributed by atoms with E-state index in [0.29, 0.717) is 0 Å². The summed E-state index contributed by atoms with van der Waals surface area (Å²) in [6, 6.07) is 25.5. The molecule has 0 aromatic heterocycles. The summed E-state index contributed by atoms with van der Waals surface area (Å²) >= 11 is 0. The van der Waals surface area contributed by atoms with Gasteiger partial charge in [0.2, 0.25) is 0 Å². The summed E-state index contributed by atoms with van der Waals surface area (Å²) in [5, 5.41) is 0. The Hall–Kier alpha value is -2.61. The molecule has 0 bridgehead atoms. The third-order valence-corrected chi connectivity index (χ3v) is 8.65. The van der Waals surface area contributed by atoms with Crippen LogP contribution in [0.5, 0.6) is 0 Å². The van der Waals surface area contributed by atoms with Crippen LogP contribution in [-0.4, -0.2) is 43.7 Å². The van der Waals surface area contributed by atoms with Gasteiger partial charge < -0.3 is 29.3 Å². The van der Waals surface area contributed by atoms with Gasteiger partial charge in [0.1, 0.15) is 0 Å². The van der Waals surface area contributed by atoms with Gasteiger partial charge >= 0.3 is 14.2 Å². The SMILES string of the molecule is CC.CN.Cc1ccc(N(c2ccc(B3OC(C)(C)C(C)(C)O3)cc2)c2ccc(B3OC(C)(C)C(C)(C)O3)cc2)cc1. The first-order valence-electron chi connectivity index (χ1n) is 15.0. The smallest absolute Gasteiger partial charge is 0.399 e. The first kappa shape index (κ1) is 33.9. The van der Waals surface area contributed by atoms with Gasteiger partial charge in [0.15, 0.2) is 0 Å². The average Bonchev–Trinajstić information content (AvgIpc) is 3.32. The minimum absolute atomic E-state index is 0.372. The van der Waals surface area contributed by atoms with E-state index in [0.717, 1.165) is 28.0 Å². The molecule has 0 saturated carbocycles. The van der Waals surface area contributed by atoms with E-state index >= 15 is 0 Å². The molecule has 3 aromatic rings. The summed E-state index contributed by atoms with van der Waals surface area (Å²) in [4.78, 5) is 2.25. The molecule has 0 spiro atoms. The second-order valence-electron chi connectivity index (χ2n) is 12.5. The van der Waals surface area contributed by atoms with Crippen LogP contribution in [0.25, 0.3) is 0 Å². The molecule has 2 N–H and O–H groups in total. The van der Waals surface area contributed by atoms with E-state index in [1.807, 2.05) is 13.8 Å². The van der Waals surface area contributed by atoms with E-state index < -0.39 is 0 Å². The summed E-state index contributed by atoms with van der Waals surface area (Å²) in [6.07, 6.45) is 0. The summed E-state index contributed by atoms with van der Waals surface area (Å²) in [6.45, 7) is 22.7. The van der Waals surface area contributed by atoms with Crippen LogP contribution in [0, 0.1) is 6.92 Å². The summed E-state index contributed by atoms with van der Waals surface area (Å²) in [5.41, 5.74) is 9.44. The lowest BCUT2D eigenvalue weighted by Crippen LogP contribution is -2.41. The van der Waals surface area contributed by atoms with Crippen molar-refractivity contribution in [3.05, 3.63) is 78.4 Å². The molecule has 42 heavy (non-hydrogen) atoms. The maximum absolute atomic E-state index is 6.26. The van der Waals surface area contributed by atoms with Crippen molar-refractivity contribution in [2.75, 3.05) is 11.9 Å². The summed E-state index contributed by atoms with van der Waals surface area (Å²) in [7, 11) is 0.724. The molecule has 2 aliphatic rings. The Balaban J connectivity index is 0.00000116. The lowest BCUT2D eigenvalue weighted by atomic mass is 9.79. The van der Waals surface area contributed by atoms with Gasteiger partial charge in [-0.2, -0.15) is 0 Å². The Labute approximate surface area is 255 Å². The molecule has 0 aliphatic carbocycles. The molecule has 2 saturated heterocycles. The van der Waals surface area contributed by atoms with Crippen LogP contribution in [0.2, 0.25) is 0 Å². The van der Waals surface area contributed by atoms with Crippen LogP contribution in [0.1, 0.15) is 74.8 Å². The molecule has 0 atom stereocenters. The number of anilines is 3. The number of aryl methyl sites for hydroxylation is 1. The number of rotatable bonds is 5. The van der Waals surface area contributed by atoms with Gasteiger partial charge in [-0.1, -0.05) is 55.8 Å². The monoisotopic (exact) mass is 572 g/mol. The minimum Gasteiger partial charge on any atom is -0.399 e. The largest absolute Gasteiger partial charge is 0.494 e. The van der Waals surface area contributed by atoms with Crippen molar-refractivity contribution in [2.45, 2.75) is 98.6 Å². The van der Waals surface area contributed by atoms with Crippen LogP contribution in [0.4, 0.5) is 17.1 Å². The van der Waals surface area contributed by atoms with E-state index in [4.69, 9.17) is 18.6 Å². The van der Waals surface area contributed by atoms with Gasteiger partial charge in [-0.15, -0.1) is 0 Å². The lowest BCUT2D eigenvalue weighted by Gasteiger charge is -2.32. The number of hydrogen-bond acceptors (Lipinski definition) is 6. The summed E-state index contributed by atoms with van der Waals surface area (Å²) in [5.74, 6) is 0. The Bertz CT molecular complexity index is 1180. The van der Waals surface area contributed by atoms with Crippen LogP contribution < -0.4 is 21.6 Å². The first-order chi connectivity index (χ1) is 19.7. The highest BCUT2D eigenvalue weighted by Crippen LogP contribution is 2.39. The molecule has 2 heterocycles. The Morgan fingerprint density at radius 3 is 0.976 bits per heavy atom. The molecule has 3 aromatic carbocycles. The van der Waals surface area contributed by atoms with E-state index in [9.17, 15) is 0 Å². The van der Waals surface area contributed by atoms with Gasteiger partial charge in [0.25, 0.3) is 0 Å². The molecule has 0 amide bonds. The average molecular weight is 572 g/mol. The third kappa shape index (κ3) is 6.79. The number of hydrogen-bond donors (Lipinski definition) is 1. The highest BCUT2D eigenvalue weighted by molar-refractivity contribution is 6.62. The molecule has 6 nitrogen and oxygen atoms in total. The highest BCUT2D eigenvalue weighted by Gasteiger charge is 2.52. The van der Waals surface area contributed by atoms with Gasteiger partial charge in [-0.3, -0.25) is 0 Å². The topological polar surface area (TPSA) is 66.2 Å². The predicted octanol–water partition coefficient (Wildman–Crippen LogP) is 6.66. The first-order valence-corrected chi connectivity index (χ1v) is 15.0. The maximum Gasteiger partial charge on any atom is 0.494 e. The number of benzene rings is 3. The van der Waals surface area contributed by atoms with Crippen molar-refractivity contribution in [2.24, 2.45) is 5.73 Å². The molecule has 2 aliphatic heterocycles. The van der Waals surface area contributed by atoms with Crippen LogP contribution in [0.15, 0.2) is 72.8 Å². The molecule has 0 unspecified atom stereocenters. The van der Waals surface area contributed by atoms with E-state index in [2.05, 4.69) is 146 Å². The Morgan fingerprint density at radius 1 is 0.476 bits per heavy atom. The molecular formula is C34H50B2N2O4. The second kappa shape index (κ2) is 12.9. The van der Waals surface area contributed by atoms with Crippen molar-refractivity contribution in [3.63, 3.8) is 0 Å². The van der Waals surface area contributed by atoms with Crippen LogP contribution in [-0.2, 0) is 18.6 Å². The van der Waals surface area contributed by atoms with Gasteiger partial charge in [-0.05, 0) is 117 Å². The predicted molar refractivity (Wildman–Crippen MR) is 179 cm³/mol. The zero-order chi connectivity index (χ0) is 31.5. The van der Waals surface area contributed by atoms with E-state index in [1.54, 1.807) is 0 Å². The second-order valence-corrected chi connectivity index (χ2v) is 12.5. The minimum atomic E-state index is -0.388. The molecule has 0 radical (unpaired) electrons. The molecule has 2 fully saturated rings. The Kier molecular flexibility index (Phi) is 10.4. The third-order valence-electron chi connectivity index (χ3n) is 8.65. The molecule has 226 valence electrons. The highest BCUT2D eigenvalue weighted by atomic mass is 16.7. The summed E-state index contributed by atoms with van der Waals surface area (Å²) < 4.78 is 25.1. The Morgan fingerprint density at radius 2 is 0.714 bits per heavy atom. The number of nitrogens with two attached hydrogens (primary N) is 1. The standard InChI is InChI=1S/C31H39B2NO4.C2H6.CH5N/c1-22-10-16-25(17-11-22)34(26-18-12-23(13-19-26)32-35-28(2,3)29(4,5)36-32)27-20-14-24(15-21-27)33-37-30(6,7)31(8,9)38-33;2*1-2/h10-21H,1-9H3;1-2H3;2H2,1H3. The van der Waals surface area contributed by atoms with Crippen LogP contribution in [0.3, 0.4) is 0 Å². The molecule has 5 rings (SSSR count). The van der Waals surface area contributed by atoms with E-state index in [1.165, 1.54) is 12.6 Å². The van der Waals surface area contributed by atoms with Crippen molar-refractivity contribution in [3.8, 4) is 0 Å². The fraction of sp³-hybridized carbons (Fsp3) is 0.471. The van der Waals surface area contributed by atoms with Crippen molar-refractivity contribution in [1.29, 1.82) is 0 Å². The van der Waals surface area contributed by atoms with Crippen molar-refractivity contribution in [1.82, 2.24) is 0 Å². The molecular weight excluding hydrogens is 522 g/mol. The lowest BCUT2D eigenvalue weighted by molar-refractivity contribution is 0.00578. The van der Waals surface area contributed by atoms with E-state index in [-0.39, 0.29) is 36.6 Å².